The number of carbonyl (C=O) groups is 2. The third-order valence-electron chi connectivity index (χ3n) is 3.83. The average Bonchev–Trinajstić information content (AvgIpc) is 2.70. The van der Waals surface area contributed by atoms with E-state index in [0.717, 1.165) is 0 Å². The summed E-state index contributed by atoms with van der Waals surface area (Å²) in [7, 11) is 1.57. The molecule has 0 aliphatic carbocycles. The molecule has 2 aromatic rings. The molecular weight excluding hydrogens is 378 g/mol. The summed E-state index contributed by atoms with van der Waals surface area (Å²) in [5.74, 6) is -0.0484. The van der Waals surface area contributed by atoms with Crippen LogP contribution < -0.4 is 30.6 Å². The molecule has 9 heteroatoms. The second-order valence-corrected chi connectivity index (χ2v) is 5.87. The van der Waals surface area contributed by atoms with Gasteiger partial charge in [-0.25, -0.2) is 0 Å². The number of pyridine rings is 1. The molecule has 2 rings (SSSR count). The Labute approximate surface area is 168 Å². The van der Waals surface area contributed by atoms with Crippen LogP contribution in [0.25, 0.3) is 0 Å². The fraction of sp³-hybridized carbons (Fsp3) is 0.350. The molecule has 0 bridgehead atoms. The number of hydrazine groups is 1. The van der Waals surface area contributed by atoms with Crippen LogP contribution in [0.4, 0.5) is 0 Å². The number of benzene rings is 1. The van der Waals surface area contributed by atoms with Crippen molar-refractivity contribution in [3.8, 4) is 17.2 Å². The van der Waals surface area contributed by atoms with Gasteiger partial charge >= 0.3 is 0 Å². The Kier molecular flexibility index (Phi) is 7.64. The van der Waals surface area contributed by atoms with Crippen molar-refractivity contribution in [2.45, 2.75) is 20.8 Å². The highest BCUT2D eigenvalue weighted by Crippen LogP contribution is 2.39. The lowest BCUT2D eigenvalue weighted by molar-refractivity contribution is 0.0846. The molecule has 0 fully saturated rings. The highest BCUT2D eigenvalue weighted by Gasteiger charge is 2.19. The minimum absolute atomic E-state index is 0.130. The number of amides is 2. The number of nitrogens with zero attached hydrogens (tertiary/aromatic N) is 1. The van der Waals surface area contributed by atoms with Gasteiger partial charge in [-0.1, -0.05) is 0 Å². The summed E-state index contributed by atoms with van der Waals surface area (Å²) in [6, 6.07) is 5.67. The Hall–Kier alpha value is -3.49. The van der Waals surface area contributed by atoms with Gasteiger partial charge in [0.1, 0.15) is 0 Å². The van der Waals surface area contributed by atoms with E-state index in [0.29, 0.717) is 37.1 Å². The molecule has 0 spiro atoms. The molecular formula is C20H25N3O6. The number of nitrogens with one attached hydrogen (secondary N) is 2. The summed E-state index contributed by atoms with van der Waals surface area (Å²) in [4.78, 5) is 36.4. The topological polar surface area (TPSA) is 108 Å². The Morgan fingerprint density at radius 3 is 1.86 bits per heavy atom. The van der Waals surface area contributed by atoms with Crippen LogP contribution in [-0.4, -0.2) is 36.2 Å². The van der Waals surface area contributed by atoms with E-state index < -0.39 is 11.8 Å². The maximum absolute atomic E-state index is 12.5. The third-order valence-corrected chi connectivity index (χ3v) is 3.83. The molecule has 156 valence electrons. The van der Waals surface area contributed by atoms with Crippen LogP contribution in [0.2, 0.25) is 0 Å². The molecule has 0 aliphatic heterocycles. The van der Waals surface area contributed by atoms with E-state index in [-0.39, 0.29) is 16.7 Å². The normalized spacial score (nSPS) is 10.2. The second-order valence-electron chi connectivity index (χ2n) is 5.87. The van der Waals surface area contributed by atoms with E-state index >= 15 is 0 Å². The van der Waals surface area contributed by atoms with E-state index in [1.165, 1.54) is 35.0 Å². The summed E-state index contributed by atoms with van der Waals surface area (Å²) in [5, 5.41) is 0. The lowest BCUT2D eigenvalue weighted by atomic mass is 10.1. The zero-order valence-electron chi connectivity index (χ0n) is 16.9. The molecule has 1 aromatic heterocycles. The van der Waals surface area contributed by atoms with Crippen molar-refractivity contribution in [2.24, 2.45) is 7.05 Å². The van der Waals surface area contributed by atoms with Gasteiger partial charge in [0.25, 0.3) is 17.4 Å². The van der Waals surface area contributed by atoms with Gasteiger partial charge in [0.15, 0.2) is 11.5 Å². The van der Waals surface area contributed by atoms with Crippen molar-refractivity contribution in [3.05, 3.63) is 51.9 Å². The summed E-state index contributed by atoms with van der Waals surface area (Å²) in [5.41, 5.74) is 4.62. The van der Waals surface area contributed by atoms with E-state index in [1.54, 1.807) is 7.05 Å². The highest BCUT2D eigenvalue weighted by atomic mass is 16.5. The van der Waals surface area contributed by atoms with Crippen molar-refractivity contribution < 1.29 is 23.8 Å². The number of hydrogen-bond acceptors (Lipinski definition) is 6. The predicted molar refractivity (Wildman–Crippen MR) is 107 cm³/mol. The summed E-state index contributed by atoms with van der Waals surface area (Å²) >= 11 is 0. The van der Waals surface area contributed by atoms with Gasteiger partial charge in [-0.05, 0) is 39.0 Å². The number of carbonyl (C=O) groups excluding carboxylic acids is 2. The van der Waals surface area contributed by atoms with Crippen LogP contribution in [0.3, 0.4) is 0 Å². The maximum Gasteiger partial charge on any atom is 0.269 e. The van der Waals surface area contributed by atoms with Gasteiger partial charge in [0, 0.05) is 30.4 Å². The van der Waals surface area contributed by atoms with Crippen molar-refractivity contribution >= 4 is 11.8 Å². The first-order valence-corrected chi connectivity index (χ1v) is 9.25. The van der Waals surface area contributed by atoms with Crippen molar-refractivity contribution in [3.63, 3.8) is 0 Å². The lowest BCUT2D eigenvalue weighted by Gasteiger charge is -2.17. The summed E-state index contributed by atoms with van der Waals surface area (Å²) < 4.78 is 18.1. The first-order valence-electron chi connectivity index (χ1n) is 9.25. The Morgan fingerprint density at radius 1 is 0.862 bits per heavy atom. The molecule has 0 saturated carbocycles. The quantitative estimate of drug-likeness (QED) is 0.649. The Bertz CT molecular complexity index is 911. The fourth-order valence-electron chi connectivity index (χ4n) is 2.47. The number of rotatable bonds is 8. The highest BCUT2D eigenvalue weighted by molar-refractivity contribution is 5.99. The zero-order chi connectivity index (χ0) is 21.4. The molecule has 0 aliphatic rings. The van der Waals surface area contributed by atoms with Gasteiger partial charge in [-0.3, -0.25) is 25.2 Å². The smallest absolute Gasteiger partial charge is 0.269 e. The van der Waals surface area contributed by atoms with Crippen LogP contribution >= 0.6 is 0 Å². The largest absolute Gasteiger partial charge is 0.490 e. The predicted octanol–water partition coefficient (Wildman–Crippen LogP) is 1.66. The molecule has 1 heterocycles. The first-order chi connectivity index (χ1) is 13.9. The molecule has 29 heavy (non-hydrogen) atoms. The maximum atomic E-state index is 12.5. The average molecular weight is 403 g/mol. The molecule has 0 unspecified atom stereocenters. The molecule has 0 saturated heterocycles. The molecule has 2 N–H and O–H groups in total. The lowest BCUT2D eigenvalue weighted by Crippen LogP contribution is -2.42. The van der Waals surface area contributed by atoms with Crippen molar-refractivity contribution in [2.75, 3.05) is 19.8 Å². The molecule has 9 nitrogen and oxygen atoms in total. The second kappa shape index (κ2) is 10.2. The van der Waals surface area contributed by atoms with Gasteiger partial charge in [-0.15, -0.1) is 0 Å². The SMILES string of the molecule is CCOc1cc(C(=O)NNC(=O)c2ccn(C)c(=O)c2)cc(OCC)c1OCC. The van der Waals surface area contributed by atoms with Crippen LogP contribution in [0, 0.1) is 0 Å². The molecule has 0 atom stereocenters. The number of ether oxygens (including phenoxy) is 3. The van der Waals surface area contributed by atoms with Gasteiger partial charge < -0.3 is 18.8 Å². The summed E-state index contributed by atoms with van der Waals surface area (Å²) in [6.07, 6.45) is 1.47. The van der Waals surface area contributed by atoms with Crippen LogP contribution in [0.15, 0.2) is 35.3 Å². The fourth-order valence-corrected chi connectivity index (χ4v) is 2.47. The minimum atomic E-state index is -0.614. The van der Waals surface area contributed by atoms with Gasteiger partial charge in [0.2, 0.25) is 5.75 Å². The molecule has 2 amide bonds. The zero-order valence-corrected chi connectivity index (χ0v) is 16.9. The van der Waals surface area contributed by atoms with Crippen molar-refractivity contribution in [1.82, 2.24) is 15.4 Å². The molecule has 0 radical (unpaired) electrons. The Morgan fingerprint density at radius 2 is 1.38 bits per heavy atom. The molecule has 1 aromatic carbocycles. The standard InChI is InChI=1S/C20H25N3O6/c1-5-27-15-10-14(11-16(28-6-2)18(15)29-7-3)20(26)22-21-19(25)13-8-9-23(4)17(24)12-13/h8-12H,5-7H2,1-4H3,(H,21,25)(H,22,26). The van der Waals surface area contributed by atoms with Crippen molar-refractivity contribution in [1.29, 1.82) is 0 Å². The monoisotopic (exact) mass is 403 g/mol. The van der Waals surface area contributed by atoms with E-state index in [2.05, 4.69) is 10.9 Å². The van der Waals surface area contributed by atoms with Crippen LogP contribution in [0.5, 0.6) is 17.2 Å². The van der Waals surface area contributed by atoms with Gasteiger partial charge in [-0.2, -0.15) is 0 Å². The minimum Gasteiger partial charge on any atom is -0.490 e. The number of hydrogen-bond donors (Lipinski definition) is 2. The van der Waals surface area contributed by atoms with E-state index in [1.807, 2.05) is 20.8 Å². The Balaban J connectivity index is 2.21. The first kappa shape index (κ1) is 21.8. The summed E-state index contributed by atoms with van der Waals surface area (Å²) in [6.45, 7) is 6.60. The number of aryl methyl sites for hydroxylation is 1. The van der Waals surface area contributed by atoms with E-state index in [9.17, 15) is 14.4 Å². The van der Waals surface area contributed by atoms with Crippen LogP contribution in [-0.2, 0) is 7.05 Å². The van der Waals surface area contributed by atoms with Crippen LogP contribution in [0.1, 0.15) is 41.5 Å². The van der Waals surface area contributed by atoms with Gasteiger partial charge in [0.05, 0.1) is 19.8 Å². The third kappa shape index (κ3) is 5.50. The van der Waals surface area contributed by atoms with E-state index in [4.69, 9.17) is 14.2 Å². The number of aromatic nitrogens is 1.